The first-order chi connectivity index (χ1) is 21.7. The Morgan fingerprint density at radius 1 is 0.889 bits per heavy atom. The first-order valence-corrected chi connectivity index (χ1v) is 15.1. The summed E-state index contributed by atoms with van der Waals surface area (Å²) in [5.74, 6) is 0.569. The average molecular weight is 616 g/mol. The second-order valence-corrected chi connectivity index (χ2v) is 11.6. The molecule has 0 N–H and O–H groups in total. The Bertz CT molecular complexity index is 1710. The Morgan fingerprint density at radius 2 is 1.58 bits per heavy atom. The number of halogens is 3. The van der Waals surface area contributed by atoms with Gasteiger partial charge in [-0.3, -0.25) is 9.59 Å². The van der Waals surface area contributed by atoms with Gasteiger partial charge in [0.15, 0.2) is 11.4 Å². The van der Waals surface area contributed by atoms with E-state index in [0.717, 1.165) is 54.7 Å². The third-order valence-electron chi connectivity index (χ3n) is 8.68. The van der Waals surface area contributed by atoms with Crippen LogP contribution in [0.1, 0.15) is 47.4 Å². The van der Waals surface area contributed by atoms with Crippen molar-refractivity contribution in [2.24, 2.45) is 5.92 Å². The molecule has 0 radical (unpaired) electrons. The van der Waals surface area contributed by atoms with Gasteiger partial charge in [-0.2, -0.15) is 13.2 Å². The fraction of sp³-hybridized carbons (Fsp3) is 0.343. The number of fused-ring (bicyclic) bond motifs is 1. The smallest absolute Gasteiger partial charge is 0.416 e. The largest absolute Gasteiger partial charge is 0.490 e. The predicted molar refractivity (Wildman–Crippen MR) is 164 cm³/mol. The molecule has 6 rings (SSSR count). The van der Waals surface area contributed by atoms with E-state index in [2.05, 4.69) is 9.74 Å². The van der Waals surface area contributed by atoms with Crippen LogP contribution in [0.3, 0.4) is 0 Å². The van der Waals surface area contributed by atoms with Crippen LogP contribution in [0.25, 0.3) is 15.8 Å². The maximum atomic E-state index is 13.2. The highest BCUT2D eigenvalue weighted by Gasteiger charge is 2.31. The Labute approximate surface area is 259 Å². The summed E-state index contributed by atoms with van der Waals surface area (Å²) in [4.78, 5) is 33.8. The first kappa shape index (κ1) is 30.3. The minimum atomic E-state index is -4.39. The van der Waals surface area contributed by atoms with Crippen LogP contribution in [0, 0.1) is 12.5 Å². The van der Waals surface area contributed by atoms with Crippen LogP contribution in [-0.4, -0.2) is 48.9 Å². The molecule has 45 heavy (non-hydrogen) atoms. The second kappa shape index (κ2) is 12.7. The Hall–Kier alpha value is -4.78. The van der Waals surface area contributed by atoms with Gasteiger partial charge in [0.1, 0.15) is 23.2 Å². The SMILES string of the molecule is [C-]#[N+]c1ccc(N2CCC(C(=O)Cc3ccc4oc(C(=O)N5CCC(Oc6ccc(C(F)(F)F)cc6)CC5)cc4c3)CC2)cc1. The van der Waals surface area contributed by atoms with Gasteiger partial charge >= 0.3 is 6.18 Å². The van der Waals surface area contributed by atoms with Crippen molar-refractivity contribution in [2.75, 3.05) is 31.1 Å². The van der Waals surface area contributed by atoms with E-state index < -0.39 is 11.7 Å². The molecule has 10 heteroatoms. The molecule has 2 aliphatic rings. The molecule has 1 amide bonds. The van der Waals surface area contributed by atoms with E-state index in [0.29, 0.717) is 49.4 Å². The van der Waals surface area contributed by atoms with Crippen molar-refractivity contribution in [3.05, 3.63) is 101 Å². The van der Waals surface area contributed by atoms with E-state index >= 15 is 0 Å². The Morgan fingerprint density at radius 3 is 2.22 bits per heavy atom. The number of ketones is 1. The monoisotopic (exact) mass is 615 g/mol. The first-order valence-electron chi connectivity index (χ1n) is 15.1. The lowest BCUT2D eigenvalue weighted by Crippen LogP contribution is -2.41. The van der Waals surface area contributed by atoms with Gasteiger partial charge in [-0.15, -0.1) is 0 Å². The summed E-state index contributed by atoms with van der Waals surface area (Å²) in [6.45, 7) is 9.56. The lowest BCUT2D eigenvalue weighted by atomic mass is 9.89. The number of hydrogen-bond donors (Lipinski definition) is 0. The van der Waals surface area contributed by atoms with E-state index in [1.165, 1.54) is 12.1 Å². The number of rotatable bonds is 7. The van der Waals surface area contributed by atoms with E-state index in [-0.39, 0.29) is 29.5 Å². The number of piperidine rings is 2. The molecular weight excluding hydrogens is 583 g/mol. The third kappa shape index (κ3) is 6.98. The fourth-order valence-electron chi connectivity index (χ4n) is 6.10. The lowest BCUT2D eigenvalue weighted by Gasteiger charge is -2.33. The summed E-state index contributed by atoms with van der Waals surface area (Å²) in [5.41, 5.74) is 2.42. The number of hydrogen-bond acceptors (Lipinski definition) is 5. The van der Waals surface area contributed by atoms with Gasteiger partial charge in [-0.05, 0) is 73.0 Å². The van der Waals surface area contributed by atoms with Crippen LogP contribution >= 0.6 is 0 Å². The molecular formula is C35H32F3N3O4. The molecule has 0 unspecified atom stereocenters. The highest BCUT2D eigenvalue weighted by atomic mass is 19.4. The van der Waals surface area contributed by atoms with Crippen molar-refractivity contribution in [3.63, 3.8) is 0 Å². The molecule has 0 aliphatic carbocycles. The van der Waals surface area contributed by atoms with Gasteiger partial charge < -0.3 is 19.0 Å². The molecule has 2 aliphatic heterocycles. The third-order valence-corrected chi connectivity index (χ3v) is 8.68. The maximum Gasteiger partial charge on any atom is 0.416 e. The van der Waals surface area contributed by atoms with Crippen LogP contribution < -0.4 is 9.64 Å². The van der Waals surface area contributed by atoms with Crippen molar-refractivity contribution in [2.45, 2.75) is 44.4 Å². The molecule has 4 aromatic rings. The molecule has 0 bridgehead atoms. The molecule has 3 aromatic carbocycles. The number of furan rings is 1. The second-order valence-electron chi connectivity index (χ2n) is 11.6. The van der Waals surface area contributed by atoms with Crippen molar-refractivity contribution in [3.8, 4) is 5.75 Å². The summed E-state index contributed by atoms with van der Waals surface area (Å²) in [7, 11) is 0. The number of benzene rings is 3. The van der Waals surface area contributed by atoms with Gasteiger partial charge in [0.05, 0.1) is 12.1 Å². The van der Waals surface area contributed by atoms with Crippen LogP contribution in [0.5, 0.6) is 5.75 Å². The summed E-state index contributed by atoms with van der Waals surface area (Å²) in [6, 6.07) is 19.5. The normalized spacial score (nSPS) is 16.5. The van der Waals surface area contributed by atoms with Gasteiger partial charge in [-0.1, -0.05) is 18.2 Å². The van der Waals surface area contributed by atoms with Gasteiger partial charge in [0.2, 0.25) is 0 Å². The maximum absolute atomic E-state index is 13.2. The number of carbonyl (C=O) groups is 2. The molecule has 7 nitrogen and oxygen atoms in total. The number of Topliss-reactive ketones (excluding diaryl/α,β-unsaturated/α-hetero) is 1. The number of amides is 1. The highest BCUT2D eigenvalue weighted by Crippen LogP contribution is 2.32. The van der Waals surface area contributed by atoms with Crippen molar-refractivity contribution >= 4 is 34.0 Å². The molecule has 0 atom stereocenters. The Kier molecular flexibility index (Phi) is 8.52. The van der Waals surface area contributed by atoms with Crippen molar-refractivity contribution in [1.82, 2.24) is 4.90 Å². The van der Waals surface area contributed by atoms with Crippen LogP contribution in [0.15, 0.2) is 77.2 Å². The van der Waals surface area contributed by atoms with Gasteiger partial charge in [-0.25, -0.2) is 4.85 Å². The van der Waals surface area contributed by atoms with E-state index in [4.69, 9.17) is 15.7 Å². The number of carbonyl (C=O) groups excluding carboxylic acids is 2. The van der Waals surface area contributed by atoms with E-state index in [1.807, 2.05) is 36.4 Å². The van der Waals surface area contributed by atoms with E-state index in [1.54, 1.807) is 17.0 Å². The number of anilines is 1. The van der Waals surface area contributed by atoms with Crippen LogP contribution in [0.2, 0.25) is 0 Å². The van der Waals surface area contributed by atoms with Crippen molar-refractivity contribution < 1.29 is 31.9 Å². The summed E-state index contributed by atoms with van der Waals surface area (Å²) < 4.78 is 50.2. The highest BCUT2D eigenvalue weighted by molar-refractivity contribution is 5.96. The summed E-state index contributed by atoms with van der Waals surface area (Å²) in [6.07, 6.45) is -1.62. The minimum Gasteiger partial charge on any atom is -0.490 e. The lowest BCUT2D eigenvalue weighted by molar-refractivity contribution is -0.137. The molecule has 232 valence electrons. The molecule has 0 spiro atoms. The summed E-state index contributed by atoms with van der Waals surface area (Å²) in [5, 5.41) is 0.766. The van der Waals surface area contributed by atoms with Gasteiger partial charge in [0.25, 0.3) is 5.91 Å². The molecule has 3 heterocycles. The van der Waals surface area contributed by atoms with E-state index in [9.17, 15) is 22.8 Å². The zero-order valence-electron chi connectivity index (χ0n) is 24.6. The van der Waals surface area contributed by atoms with Crippen LogP contribution in [0.4, 0.5) is 24.5 Å². The van der Waals surface area contributed by atoms with Gasteiger partial charge in [0, 0.05) is 62.4 Å². The van der Waals surface area contributed by atoms with Crippen LogP contribution in [-0.2, 0) is 17.4 Å². The predicted octanol–water partition coefficient (Wildman–Crippen LogP) is 7.71. The Balaban J connectivity index is 1.00. The summed E-state index contributed by atoms with van der Waals surface area (Å²) >= 11 is 0. The molecule has 0 saturated carbocycles. The molecule has 1 aromatic heterocycles. The standard InChI is InChI=1S/C35H32F3N3O4/c1-39-27-5-7-28(8-6-27)40-16-12-24(13-17-40)31(42)21-23-2-11-32-25(20-23)22-33(45-32)34(43)41-18-14-30(15-19-41)44-29-9-3-26(4-10-29)35(36,37)38/h2-11,20,22,24,30H,12-19,21H2. The fourth-order valence-corrected chi connectivity index (χ4v) is 6.10. The zero-order chi connectivity index (χ0) is 31.6. The topological polar surface area (TPSA) is 67.4 Å². The zero-order valence-corrected chi connectivity index (χ0v) is 24.6. The number of likely N-dealkylation sites (tertiary alicyclic amines) is 1. The van der Waals surface area contributed by atoms with Crippen molar-refractivity contribution in [1.29, 1.82) is 0 Å². The minimum absolute atomic E-state index is 0.00731. The number of nitrogens with zero attached hydrogens (tertiary/aromatic N) is 3. The average Bonchev–Trinajstić information content (AvgIpc) is 3.48. The quantitative estimate of drug-likeness (QED) is 0.199. The molecule has 2 saturated heterocycles. The molecule has 2 fully saturated rings. The number of ether oxygens (including phenoxy) is 1. The number of alkyl halides is 3.